The normalized spacial score (nSPS) is 16.3. The molecule has 0 unspecified atom stereocenters. The van der Waals surface area contributed by atoms with Gasteiger partial charge >= 0.3 is 6.09 Å². The van der Waals surface area contributed by atoms with Crippen molar-refractivity contribution >= 4 is 22.4 Å². The molecule has 4 rings (SSSR count). The maximum atomic E-state index is 12.0. The molecule has 1 amide bonds. The van der Waals surface area contributed by atoms with Crippen LogP contribution in [0.2, 0.25) is 0 Å². The van der Waals surface area contributed by atoms with E-state index in [4.69, 9.17) is 4.74 Å². The van der Waals surface area contributed by atoms with E-state index in [0.717, 1.165) is 10.4 Å². The molecule has 0 saturated carbocycles. The molecule has 1 atom stereocenters. The molecule has 29 heavy (non-hydrogen) atoms. The van der Waals surface area contributed by atoms with Gasteiger partial charge in [-0.1, -0.05) is 41.2 Å². The summed E-state index contributed by atoms with van der Waals surface area (Å²) in [6.45, 7) is 8.59. The van der Waals surface area contributed by atoms with Gasteiger partial charge in [-0.25, -0.2) is 9.78 Å². The number of carbonyl (C=O) groups is 1. The number of carbonyl (C=O) groups excluding carboxylic acids is 1. The van der Waals surface area contributed by atoms with Gasteiger partial charge in [-0.3, -0.25) is 4.90 Å². The van der Waals surface area contributed by atoms with Crippen LogP contribution in [0, 0.1) is 13.8 Å². The molecule has 1 aliphatic heterocycles. The second kappa shape index (κ2) is 8.00. The summed E-state index contributed by atoms with van der Waals surface area (Å²) >= 11 is 1.45. The summed E-state index contributed by atoms with van der Waals surface area (Å²) in [7, 11) is 0. The van der Waals surface area contributed by atoms with Crippen LogP contribution in [0.5, 0.6) is 5.88 Å². The number of ether oxygens (including phenoxy) is 1. The van der Waals surface area contributed by atoms with Crippen molar-refractivity contribution in [2.45, 2.75) is 26.8 Å². The number of thiazole rings is 1. The van der Waals surface area contributed by atoms with Crippen LogP contribution in [-0.2, 0) is 4.74 Å². The number of aromatic nitrogens is 3. The minimum absolute atomic E-state index is 0.129. The lowest BCUT2D eigenvalue weighted by Crippen LogP contribution is -2.49. The summed E-state index contributed by atoms with van der Waals surface area (Å²) in [6.07, 6.45) is -0.267. The van der Waals surface area contributed by atoms with Crippen LogP contribution in [0.3, 0.4) is 0 Å². The number of rotatable bonds is 4. The summed E-state index contributed by atoms with van der Waals surface area (Å²) in [5.74, 6) is 0.761. The summed E-state index contributed by atoms with van der Waals surface area (Å²) in [5.41, 5.74) is 2.28. The molecule has 2 aromatic heterocycles. The van der Waals surface area contributed by atoms with E-state index in [1.54, 1.807) is 4.90 Å². The fourth-order valence-electron chi connectivity index (χ4n) is 3.68. The maximum Gasteiger partial charge on any atom is 0.409 e. The maximum absolute atomic E-state index is 12.0. The van der Waals surface area contributed by atoms with E-state index in [1.807, 2.05) is 13.8 Å². The summed E-state index contributed by atoms with van der Waals surface area (Å²) in [6, 6.07) is 8.22. The molecule has 0 radical (unpaired) electrons. The predicted octanol–water partition coefficient (Wildman–Crippen LogP) is 2.98. The van der Waals surface area contributed by atoms with Crippen LogP contribution in [0.15, 0.2) is 24.3 Å². The number of piperazine rings is 1. The third-order valence-electron chi connectivity index (χ3n) is 5.15. The van der Waals surface area contributed by atoms with Crippen molar-refractivity contribution in [2.75, 3.05) is 32.8 Å². The molecule has 154 valence electrons. The minimum Gasteiger partial charge on any atom is -0.492 e. The molecule has 3 aromatic rings. The molecule has 1 aromatic carbocycles. The highest BCUT2D eigenvalue weighted by Gasteiger charge is 2.32. The number of hydrogen-bond acceptors (Lipinski definition) is 7. The fraction of sp³-hybridized carbons (Fsp3) is 0.450. The zero-order valence-electron chi connectivity index (χ0n) is 16.8. The average Bonchev–Trinajstić information content (AvgIpc) is 3.22. The second-order valence-electron chi connectivity index (χ2n) is 7.18. The highest BCUT2D eigenvalue weighted by molar-refractivity contribution is 7.17. The van der Waals surface area contributed by atoms with E-state index in [-0.39, 0.29) is 18.0 Å². The quantitative estimate of drug-likeness (QED) is 0.705. The van der Waals surface area contributed by atoms with E-state index >= 15 is 0 Å². The molecule has 1 aliphatic rings. The first-order chi connectivity index (χ1) is 14.0. The molecule has 1 saturated heterocycles. The number of hydrogen-bond donors (Lipinski definition) is 1. The zero-order valence-corrected chi connectivity index (χ0v) is 17.6. The molecule has 1 fully saturated rings. The zero-order chi connectivity index (χ0) is 20.5. The van der Waals surface area contributed by atoms with Gasteiger partial charge in [-0.2, -0.15) is 4.52 Å². The monoisotopic (exact) mass is 415 g/mol. The van der Waals surface area contributed by atoms with E-state index in [1.165, 1.54) is 21.4 Å². The van der Waals surface area contributed by atoms with Crippen LogP contribution in [0.25, 0.3) is 4.96 Å². The Labute approximate surface area is 173 Å². The molecule has 0 spiro atoms. The van der Waals surface area contributed by atoms with Crippen LogP contribution >= 0.6 is 11.3 Å². The van der Waals surface area contributed by atoms with Crippen LogP contribution in [-0.4, -0.2) is 68.4 Å². The van der Waals surface area contributed by atoms with Crippen molar-refractivity contribution in [1.82, 2.24) is 24.4 Å². The standard InChI is InChI=1S/C20H25N5O3S/c1-4-28-20(27)24-11-9-23(10-12-24)16(15-7-5-13(2)6-8-15)17-18(26)25-19(29-17)21-14(3)22-25/h5-8,16,26H,4,9-12H2,1-3H3/t16-/m0/s1. The molecule has 1 N–H and O–H groups in total. The van der Waals surface area contributed by atoms with Crippen molar-refractivity contribution < 1.29 is 14.6 Å². The van der Waals surface area contributed by atoms with Crippen LogP contribution in [0.4, 0.5) is 4.79 Å². The Morgan fingerprint density at radius 1 is 1.21 bits per heavy atom. The Kier molecular flexibility index (Phi) is 5.42. The lowest BCUT2D eigenvalue weighted by atomic mass is 10.0. The Morgan fingerprint density at radius 3 is 2.52 bits per heavy atom. The first-order valence-corrected chi connectivity index (χ1v) is 10.6. The molecule has 8 nitrogen and oxygen atoms in total. The largest absolute Gasteiger partial charge is 0.492 e. The highest BCUT2D eigenvalue weighted by Crippen LogP contribution is 2.40. The topological polar surface area (TPSA) is 83.2 Å². The molecule has 0 aliphatic carbocycles. The summed E-state index contributed by atoms with van der Waals surface area (Å²) < 4.78 is 6.64. The molecule has 3 heterocycles. The number of fused-ring (bicyclic) bond motifs is 1. The smallest absolute Gasteiger partial charge is 0.409 e. The first-order valence-electron chi connectivity index (χ1n) is 9.75. The van der Waals surface area contributed by atoms with Gasteiger partial charge in [0.05, 0.1) is 17.5 Å². The predicted molar refractivity (Wildman–Crippen MR) is 110 cm³/mol. The number of nitrogens with zero attached hydrogens (tertiary/aromatic N) is 5. The molecular weight excluding hydrogens is 390 g/mol. The van der Waals surface area contributed by atoms with Gasteiger partial charge < -0.3 is 14.7 Å². The summed E-state index contributed by atoms with van der Waals surface area (Å²) in [4.78, 5) is 22.0. The van der Waals surface area contributed by atoms with Gasteiger partial charge in [0.25, 0.3) is 0 Å². The van der Waals surface area contributed by atoms with Gasteiger partial charge in [-0.15, -0.1) is 5.10 Å². The van der Waals surface area contributed by atoms with Crippen LogP contribution < -0.4 is 0 Å². The highest BCUT2D eigenvalue weighted by atomic mass is 32.1. The van der Waals surface area contributed by atoms with Gasteiger partial charge in [0.1, 0.15) is 5.82 Å². The van der Waals surface area contributed by atoms with Crippen molar-refractivity contribution in [3.05, 3.63) is 46.1 Å². The number of benzene rings is 1. The number of aromatic hydroxyl groups is 1. The third-order valence-corrected chi connectivity index (χ3v) is 6.23. The minimum atomic E-state index is -0.267. The Bertz CT molecular complexity index is 1010. The Hall–Kier alpha value is -2.65. The second-order valence-corrected chi connectivity index (χ2v) is 8.19. The van der Waals surface area contributed by atoms with Crippen molar-refractivity contribution in [3.63, 3.8) is 0 Å². The lowest BCUT2D eigenvalue weighted by Gasteiger charge is -2.38. The van der Waals surface area contributed by atoms with E-state index in [9.17, 15) is 9.90 Å². The SMILES string of the molecule is CCOC(=O)N1CCN([C@@H](c2ccc(C)cc2)c2sc3nc(C)nn3c2O)CC1. The Morgan fingerprint density at radius 2 is 1.90 bits per heavy atom. The van der Waals surface area contributed by atoms with E-state index < -0.39 is 0 Å². The summed E-state index contributed by atoms with van der Waals surface area (Å²) in [5, 5.41) is 15.2. The fourth-order valence-corrected chi connectivity index (χ4v) is 4.84. The Balaban J connectivity index is 1.66. The molecular formula is C20H25N5O3S. The van der Waals surface area contributed by atoms with Gasteiger partial charge in [0.15, 0.2) is 0 Å². The van der Waals surface area contributed by atoms with Crippen LogP contribution in [0.1, 0.15) is 34.8 Å². The van der Waals surface area contributed by atoms with E-state index in [0.29, 0.717) is 43.6 Å². The van der Waals surface area contributed by atoms with Gasteiger partial charge in [-0.05, 0) is 26.3 Å². The average molecular weight is 416 g/mol. The third kappa shape index (κ3) is 3.79. The van der Waals surface area contributed by atoms with Crippen molar-refractivity contribution in [2.24, 2.45) is 0 Å². The number of amides is 1. The van der Waals surface area contributed by atoms with Gasteiger partial charge in [0, 0.05) is 26.2 Å². The van der Waals surface area contributed by atoms with Crippen molar-refractivity contribution in [1.29, 1.82) is 0 Å². The lowest BCUT2D eigenvalue weighted by molar-refractivity contribution is 0.0715. The van der Waals surface area contributed by atoms with Crippen molar-refractivity contribution in [3.8, 4) is 5.88 Å². The first kappa shape index (κ1) is 19.7. The van der Waals surface area contributed by atoms with Gasteiger partial charge in [0.2, 0.25) is 10.8 Å². The van der Waals surface area contributed by atoms with E-state index in [2.05, 4.69) is 46.2 Å². The molecule has 0 bridgehead atoms. The molecule has 9 heteroatoms. The number of aryl methyl sites for hydroxylation is 2.